The van der Waals surface area contributed by atoms with Crippen molar-refractivity contribution in [3.8, 4) is 0 Å². The van der Waals surface area contributed by atoms with E-state index in [1.165, 1.54) is 11.3 Å². The Labute approximate surface area is 139 Å². The van der Waals surface area contributed by atoms with Crippen molar-refractivity contribution in [3.63, 3.8) is 0 Å². The van der Waals surface area contributed by atoms with Crippen molar-refractivity contribution in [2.75, 3.05) is 6.54 Å². The van der Waals surface area contributed by atoms with E-state index >= 15 is 0 Å². The highest BCUT2D eigenvalue weighted by Crippen LogP contribution is 2.34. The van der Waals surface area contributed by atoms with Gasteiger partial charge in [0.15, 0.2) is 0 Å². The van der Waals surface area contributed by atoms with E-state index in [1.54, 1.807) is 6.07 Å². The van der Waals surface area contributed by atoms with Gasteiger partial charge in [0.1, 0.15) is 4.90 Å². The first-order valence-corrected chi connectivity index (χ1v) is 9.77. The molecule has 0 saturated carbocycles. The molecule has 2 N–H and O–H groups in total. The Balaban J connectivity index is 2.48. The van der Waals surface area contributed by atoms with Gasteiger partial charge in [0.25, 0.3) is 0 Å². The normalized spacial score (nSPS) is 13.3. The van der Waals surface area contributed by atoms with Crippen molar-refractivity contribution in [2.45, 2.75) is 31.1 Å². The number of carboxylic acid groups (broad SMARTS) is 1. The molecule has 0 bridgehead atoms. The topological polar surface area (TPSA) is 83.5 Å². The molecule has 0 aliphatic heterocycles. The maximum Gasteiger partial charge on any atom is 0.303 e. The van der Waals surface area contributed by atoms with Crippen molar-refractivity contribution < 1.29 is 18.3 Å². The van der Waals surface area contributed by atoms with Crippen LogP contribution in [0.5, 0.6) is 0 Å². The number of nitrogens with one attached hydrogen (secondary N) is 1. The van der Waals surface area contributed by atoms with Gasteiger partial charge in [-0.05, 0) is 56.7 Å². The van der Waals surface area contributed by atoms with E-state index in [2.05, 4.69) is 36.6 Å². The summed E-state index contributed by atoms with van der Waals surface area (Å²) in [6.07, 6.45) is 1.26. The van der Waals surface area contributed by atoms with Crippen LogP contribution in [0, 0.1) is 5.92 Å². The Morgan fingerprint density at radius 3 is 2.60 bits per heavy atom. The Bertz CT molecular complexity index is 571. The summed E-state index contributed by atoms with van der Waals surface area (Å²) in [6, 6.07) is 1.55. The van der Waals surface area contributed by atoms with Gasteiger partial charge in [0, 0.05) is 13.0 Å². The van der Waals surface area contributed by atoms with Gasteiger partial charge >= 0.3 is 5.97 Å². The van der Waals surface area contributed by atoms with Crippen LogP contribution in [0.15, 0.2) is 18.5 Å². The lowest BCUT2D eigenvalue weighted by Gasteiger charge is -2.10. The minimum Gasteiger partial charge on any atom is -0.481 e. The standard InChI is InChI=1S/C11H15Br2NO4S2/c1-7(2-3-10(15)16)4-5-14-20(17,18)8-6-9(12)19-11(8)13/h6-7,14H,2-5H2,1H3,(H,15,16). The maximum absolute atomic E-state index is 12.1. The number of hydrogen-bond donors (Lipinski definition) is 2. The zero-order valence-corrected chi connectivity index (χ0v) is 15.5. The number of thiophene rings is 1. The van der Waals surface area contributed by atoms with Gasteiger partial charge in [0.2, 0.25) is 10.0 Å². The molecule has 20 heavy (non-hydrogen) atoms. The summed E-state index contributed by atoms with van der Waals surface area (Å²) in [6.45, 7) is 2.21. The Morgan fingerprint density at radius 1 is 1.45 bits per heavy atom. The molecule has 1 heterocycles. The number of carbonyl (C=O) groups is 1. The third-order valence-electron chi connectivity index (χ3n) is 2.70. The van der Waals surface area contributed by atoms with Gasteiger partial charge in [0.05, 0.1) is 7.57 Å². The van der Waals surface area contributed by atoms with E-state index in [9.17, 15) is 13.2 Å². The summed E-state index contributed by atoms with van der Waals surface area (Å²) >= 11 is 7.76. The highest BCUT2D eigenvalue weighted by atomic mass is 79.9. The van der Waals surface area contributed by atoms with E-state index in [4.69, 9.17) is 5.11 Å². The van der Waals surface area contributed by atoms with Crippen LogP contribution in [0.3, 0.4) is 0 Å². The van der Waals surface area contributed by atoms with E-state index in [0.29, 0.717) is 23.2 Å². The fourth-order valence-electron chi connectivity index (χ4n) is 1.54. The largest absolute Gasteiger partial charge is 0.481 e. The average molecular weight is 449 g/mol. The molecular weight excluding hydrogens is 434 g/mol. The van der Waals surface area contributed by atoms with Crippen LogP contribution in [-0.2, 0) is 14.8 Å². The molecule has 0 saturated heterocycles. The smallest absolute Gasteiger partial charge is 0.303 e. The predicted octanol–water partition coefficient (Wildman–Crippen LogP) is 3.44. The number of carboxylic acids is 1. The number of aliphatic carboxylic acids is 1. The molecule has 5 nitrogen and oxygen atoms in total. The van der Waals surface area contributed by atoms with Crippen molar-refractivity contribution in [3.05, 3.63) is 13.6 Å². The second-order valence-electron chi connectivity index (χ2n) is 4.41. The molecule has 0 aliphatic rings. The van der Waals surface area contributed by atoms with Crippen LogP contribution in [0.1, 0.15) is 26.2 Å². The zero-order valence-electron chi connectivity index (χ0n) is 10.7. The van der Waals surface area contributed by atoms with Crippen LogP contribution in [0.25, 0.3) is 0 Å². The quantitative estimate of drug-likeness (QED) is 0.637. The van der Waals surface area contributed by atoms with Gasteiger partial charge in [-0.25, -0.2) is 13.1 Å². The van der Waals surface area contributed by atoms with Crippen LogP contribution < -0.4 is 4.72 Å². The Hall–Kier alpha value is 0.0400. The van der Waals surface area contributed by atoms with Crippen LogP contribution in [0.4, 0.5) is 0 Å². The molecule has 0 amide bonds. The molecular formula is C11H15Br2NO4S2. The lowest BCUT2D eigenvalue weighted by Crippen LogP contribution is -2.25. The van der Waals surface area contributed by atoms with Crippen molar-refractivity contribution >= 4 is 59.2 Å². The summed E-state index contributed by atoms with van der Waals surface area (Å²) < 4.78 is 27.9. The third kappa shape index (κ3) is 5.80. The van der Waals surface area contributed by atoms with Gasteiger partial charge in [-0.2, -0.15) is 0 Å². The maximum atomic E-state index is 12.1. The second kappa shape index (κ2) is 7.88. The van der Waals surface area contributed by atoms with Gasteiger partial charge in [-0.3, -0.25) is 4.79 Å². The number of halogens is 2. The SMILES string of the molecule is CC(CCNS(=O)(=O)c1cc(Br)sc1Br)CCC(=O)O. The van der Waals surface area contributed by atoms with Crippen LogP contribution in [-0.4, -0.2) is 26.0 Å². The third-order valence-corrected chi connectivity index (χ3v) is 6.91. The number of sulfonamides is 1. The first-order valence-electron chi connectivity index (χ1n) is 5.88. The molecule has 0 aliphatic carbocycles. The van der Waals surface area contributed by atoms with E-state index < -0.39 is 16.0 Å². The molecule has 0 fully saturated rings. The van der Waals surface area contributed by atoms with E-state index in [0.717, 1.165) is 3.79 Å². The monoisotopic (exact) mass is 447 g/mol. The molecule has 1 atom stereocenters. The highest BCUT2D eigenvalue weighted by Gasteiger charge is 2.20. The Kier molecular flexibility index (Phi) is 7.13. The number of hydrogen-bond acceptors (Lipinski definition) is 4. The molecule has 1 rings (SSSR count). The summed E-state index contributed by atoms with van der Waals surface area (Å²) in [7, 11) is -3.53. The minimum atomic E-state index is -3.53. The van der Waals surface area contributed by atoms with Crippen molar-refractivity contribution in [1.29, 1.82) is 0 Å². The summed E-state index contributed by atoms with van der Waals surface area (Å²) in [4.78, 5) is 10.7. The fourth-order valence-corrected chi connectivity index (χ4v) is 6.40. The summed E-state index contributed by atoms with van der Waals surface area (Å²) in [5.41, 5.74) is 0. The van der Waals surface area contributed by atoms with Crippen LogP contribution >= 0.6 is 43.2 Å². The first kappa shape index (κ1) is 18.1. The summed E-state index contributed by atoms with van der Waals surface area (Å²) in [5, 5.41) is 8.58. The lowest BCUT2D eigenvalue weighted by atomic mass is 10.0. The van der Waals surface area contributed by atoms with Gasteiger partial charge < -0.3 is 5.11 Å². The van der Waals surface area contributed by atoms with Gasteiger partial charge in [-0.15, -0.1) is 11.3 Å². The van der Waals surface area contributed by atoms with E-state index in [1.807, 2.05) is 6.92 Å². The predicted molar refractivity (Wildman–Crippen MR) is 85.6 cm³/mol. The molecule has 0 aromatic carbocycles. The zero-order chi connectivity index (χ0) is 15.3. The molecule has 0 spiro atoms. The average Bonchev–Trinajstić information content (AvgIpc) is 2.66. The van der Waals surface area contributed by atoms with Gasteiger partial charge in [-0.1, -0.05) is 6.92 Å². The first-order chi connectivity index (χ1) is 9.22. The molecule has 114 valence electrons. The Morgan fingerprint density at radius 2 is 2.10 bits per heavy atom. The molecule has 9 heteroatoms. The van der Waals surface area contributed by atoms with Crippen molar-refractivity contribution in [2.24, 2.45) is 5.92 Å². The van der Waals surface area contributed by atoms with E-state index in [-0.39, 0.29) is 17.2 Å². The highest BCUT2D eigenvalue weighted by molar-refractivity contribution is 9.12. The minimum absolute atomic E-state index is 0.108. The fraction of sp³-hybridized carbons (Fsp3) is 0.545. The van der Waals surface area contributed by atoms with Crippen LogP contribution in [0.2, 0.25) is 0 Å². The number of rotatable bonds is 8. The second-order valence-corrected chi connectivity index (χ2v) is 9.90. The molecule has 0 radical (unpaired) electrons. The van der Waals surface area contributed by atoms with Crippen molar-refractivity contribution in [1.82, 2.24) is 4.72 Å². The molecule has 1 aromatic rings. The summed E-state index contributed by atoms with van der Waals surface area (Å²) in [5.74, 6) is -0.670. The molecule has 1 unspecified atom stereocenters. The lowest BCUT2D eigenvalue weighted by molar-refractivity contribution is -0.137. The molecule has 1 aromatic heterocycles.